The van der Waals surface area contributed by atoms with Gasteiger partial charge in [0.1, 0.15) is 11.9 Å². The standard InChI is InChI=1S/C14H12BrFO/c1-9-6-7-10(12(15)8-9)14(17)11-4-2-3-5-13(11)16/h2-8,14,17H,1H3. The molecule has 0 saturated carbocycles. The molecule has 2 rings (SSSR count). The van der Waals surface area contributed by atoms with E-state index in [4.69, 9.17) is 0 Å². The highest BCUT2D eigenvalue weighted by atomic mass is 79.9. The highest BCUT2D eigenvalue weighted by Crippen LogP contribution is 2.30. The van der Waals surface area contributed by atoms with E-state index in [0.29, 0.717) is 5.56 Å². The third kappa shape index (κ3) is 2.56. The summed E-state index contributed by atoms with van der Waals surface area (Å²) in [4.78, 5) is 0. The van der Waals surface area contributed by atoms with Crippen molar-refractivity contribution in [3.63, 3.8) is 0 Å². The van der Waals surface area contributed by atoms with Crippen molar-refractivity contribution in [3.8, 4) is 0 Å². The fourth-order valence-electron chi connectivity index (χ4n) is 1.72. The number of hydrogen-bond donors (Lipinski definition) is 1. The molecule has 0 amide bonds. The van der Waals surface area contributed by atoms with Crippen molar-refractivity contribution in [2.45, 2.75) is 13.0 Å². The average molecular weight is 295 g/mol. The Morgan fingerprint density at radius 3 is 2.47 bits per heavy atom. The number of aryl methyl sites for hydroxylation is 1. The molecule has 1 atom stereocenters. The number of rotatable bonds is 2. The first-order chi connectivity index (χ1) is 8.09. The van der Waals surface area contributed by atoms with E-state index in [1.807, 2.05) is 19.1 Å². The van der Waals surface area contributed by atoms with Gasteiger partial charge in [0, 0.05) is 10.0 Å². The summed E-state index contributed by atoms with van der Waals surface area (Å²) in [5, 5.41) is 10.2. The Kier molecular flexibility index (Phi) is 3.60. The van der Waals surface area contributed by atoms with Crippen LogP contribution in [0.2, 0.25) is 0 Å². The van der Waals surface area contributed by atoms with Gasteiger partial charge in [-0.05, 0) is 30.2 Å². The monoisotopic (exact) mass is 294 g/mol. The lowest BCUT2D eigenvalue weighted by molar-refractivity contribution is 0.214. The van der Waals surface area contributed by atoms with E-state index in [1.165, 1.54) is 6.07 Å². The van der Waals surface area contributed by atoms with Crippen LogP contribution in [0, 0.1) is 12.7 Å². The quantitative estimate of drug-likeness (QED) is 0.888. The van der Waals surface area contributed by atoms with E-state index in [-0.39, 0.29) is 5.56 Å². The Morgan fingerprint density at radius 2 is 1.82 bits per heavy atom. The summed E-state index contributed by atoms with van der Waals surface area (Å²) < 4.78 is 14.3. The largest absolute Gasteiger partial charge is 0.384 e. The molecule has 1 unspecified atom stereocenters. The molecule has 2 aromatic carbocycles. The SMILES string of the molecule is Cc1ccc(C(O)c2ccccc2F)c(Br)c1. The minimum absolute atomic E-state index is 0.289. The summed E-state index contributed by atoms with van der Waals surface area (Å²) in [6.07, 6.45) is -0.953. The lowest BCUT2D eigenvalue weighted by Gasteiger charge is -2.14. The Labute approximate surface area is 108 Å². The number of benzene rings is 2. The normalized spacial score (nSPS) is 12.5. The molecule has 1 nitrogen and oxygen atoms in total. The number of hydrogen-bond acceptors (Lipinski definition) is 1. The summed E-state index contributed by atoms with van der Waals surface area (Å²) in [6, 6.07) is 11.9. The third-order valence-electron chi connectivity index (χ3n) is 2.65. The first-order valence-electron chi connectivity index (χ1n) is 5.28. The molecule has 0 aliphatic rings. The van der Waals surface area contributed by atoms with Crippen molar-refractivity contribution in [3.05, 3.63) is 69.4 Å². The molecule has 0 bridgehead atoms. The molecule has 0 spiro atoms. The maximum absolute atomic E-state index is 13.6. The highest BCUT2D eigenvalue weighted by molar-refractivity contribution is 9.10. The number of aliphatic hydroxyl groups excluding tert-OH is 1. The summed E-state index contributed by atoms with van der Waals surface area (Å²) in [7, 11) is 0. The van der Waals surface area contributed by atoms with Crippen LogP contribution in [0.1, 0.15) is 22.8 Å². The maximum atomic E-state index is 13.6. The van der Waals surface area contributed by atoms with Gasteiger partial charge >= 0.3 is 0 Å². The van der Waals surface area contributed by atoms with Gasteiger partial charge in [0.05, 0.1) is 0 Å². The zero-order chi connectivity index (χ0) is 12.4. The fraction of sp³-hybridized carbons (Fsp3) is 0.143. The van der Waals surface area contributed by atoms with Crippen LogP contribution in [0.4, 0.5) is 4.39 Å². The predicted molar refractivity (Wildman–Crippen MR) is 69.3 cm³/mol. The van der Waals surface area contributed by atoms with Crippen molar-refractivity contribution >= 4 is 15.9 Å². The lowest BCUT2D eigenvalue weighted by Crippen LogP contribution is -2.03. The van der Waals surface area contributed by atoms with Gasteiger partial charge in [-0.1, -0.05) is 46.3 Å². The summed E-state index contributed by atoms with van der Waals surface area (Å²) in [6.45, 7) is 1.96. The van der Waals surface area contributed by atoms with Crippen LogP contribution in [0.15, 0.2) is 46.9 Å². The van der Waals surface area contributed by atoms with Crippen LogP contribution in [0.25, 0.3) is 0 Å². The molecule has 17 heavy (non-hydrogen) atoms. The van der Waals surface area contributed by atoms with Gasteiger partial charge in [-0.2, -0.15) is 0 Å². The zero-order valence-electron chi connectivity index (χ0n) is 9.32. The third-order valence-corrected chi connectivity index (χ3v) is 3.34. The summed E-state index contributed by atoms with van der Waals surface area (Å²) >= 11 is 3.39. The molecule has 0 fully saturated rings. The van der Waals surface area contributed by atoms with Gasteiger partial charge in [0.25, 0.3) is 0 Å². The molecule has 2 aromatic rings. The van der Waals surface area contributed by atoms with Crippen LogP contribution >= 0.6 is 15.9 Å². The minimum Gasteiger partial charge on any atom is -0.384 e. The van der Waals surface area contributed by atoms with Crippen LogP contribution < -0.4 is 0 Å². The average Bonchev–Trinajstić information content (AvgIpc) is 2.29. The lowest BCUT2D eigenvalue weighted by atomic mass is 10.0. The molecule has 0 saturated heterocycles. The first kappa shape index (κ1) is 12.3. The first-order valence-corrected chi connectivity index (χ1v) is 6.07. The Morgan fingerprint density at radius 1 is 1.12 bits per heavy atom. The highest BCUT2D eigenvalue weighted by Gasteiger charge is 2.16. The fourth-order valence-corrected chi connectivity index (χ4v) is 2.43. The van der Waals surface area contributed by atoms with E-state index in [2.05, 4.69) is 15.9 Å². The molecular formula is C14H12BrFO. The molecule has 0 heterocycles. The van der Waals surface area contributed by atoms with Gasteiger partial charge < -0.3 is 5.11 Å². The Hall–Kier alpha value is -1.19. The van der Waals surface area contributed by atoms with Gasteiger partial charge in [0.15, 0.2) is 0 Å². The summed E-state index contributed by atoms with van der Waals surface area (Å²) in [5.41, 5.74) is 2.04. The van der Waals surface area contributed by atoms with Crippen molar-refractivity contribution in [2.75, 3.05) is 0 Å². The second kappa shape index (κ2) is 4.98. The molecule has 0 aliphatic carbocycles. The molecule has 3 heteroatoms. The van der Waals surface area contributed by atoms with E-state index in [1.54, 1.807) is 24.3 Å². The second-order valence-electron chi connectivity index (χ2n) is 3.95. The van der Waals surface area contributed by atoms with Crippen LogP contribution in [-0.2, 0) is 0 Å². The maximum Gasteiger partial charge on any atom is 0.129 e. The van der Waals surface area contributed by atoms with Crippen LogP contribution in [-0.4, -0.2) is 5.11 Å². The second-order valence-corrected chi connectivity index (χ2v) is 4.80. The number of halogens is 2. The molecule has 1 N–H and O–H groups in total. The molecule has 0 aliphatic heterocycles. The summed E-state index contributed by atoms with van der Waals surface area (Å²) in [5.74, 6) is -0.396. The Balaban J connectivity index is 2.44. The van der Waals surface area contributed by atoms with Gasteiger partial charge in [-0.15, -0.1) is 0 Å². The van der Waals surface area contributed by atoms with Crippen molar-refractivity contribution < 1.29 is 9.50 Å². The minimum atomic E-state index is -0.953. The van der Waals surface area contributed by atoms with E-state index in [9.17, 15) is 9.50 Å². The van der Waals surface area contributed by atoms with Crippen LogP contribution in [0.5, 0.6) is 0 Å². The topological polar surface area (TPSA) is 20.2 Å². The van der Waals surface area contributed by atoms with Crippen molar-refractivity contribution in [1.29, 1.82) is 0 Å². The number of aliphatic hydroxyl groups is 1. The van der Waals surface area contributed by atoms with Crippen LogP contribution in [0.3, 0.4) is 0 Å². The van der Waals surface area contributed by atoms with E-state index >= 15 is 0 Å². The van der Waals surface area contributed by atoms with Gasteiger partial charge in [-0.25, -0.2) is 4.39 Å². The molecule has 0 radical (unpaired) electrons. The Bertz CT molecular complexity index is 539. The smallest absolute Gasteiger partial charge is 0.129 e. The zero-order valence-corrected chi connectivity index (χ0v) is 10.9. The predicted octanol–water partition coefficient (Wildman–Crippen LogP) is 3.98. The van der Waals surface area contributed by atoms with Gasteiger partial charge in [0.2, 0.25) is 0 Å². The van der Waals surface area contributed by atoms with E-state index < -0.39 is 11.9 Å². The van der Waals surface area contributed by atoms with Crippen molar-refractivity contribution in [2.24, 2.45) is 0 Å². The van der Waals surface area contributed by atoms with Crippen molar-refractivity contribution in [1.82, 2.24) is 0 Å². The molecular weight excluding hydrogens is 283 g/mol. The van der Waals surface area contributed by atoms with E-state index in [0.717, 1.165) is 10.0 Å². The van der Waals surface area contributed by atoms with Gasteiger partial charge in [-0.3, -0.25) is 0 Å². The molecule has 88 valence electrons. The molecule has 0 aromatic heterocycles.